The molecule has 3 rings (SSSR count). The molecule has 144 valence electrons. The van der Waals surface area contributed by atoms with Crippen LogP contribution < -0.4 is 4.74 Å². The number of benzene rings is 3. The molecule has 0 fully saturated rings. The lowest BCUT2D eigenvalue weighted by molar-refractivity contribution is 0.0115. The van der Waals surface area contributed by atoms with Crippen molar-refractivity contribution in [3.63, 3.8) is 0 Å². The van der Waals surface area contributed by atoms with Crippen LogP contribution in [0, 0.1) is 0 Å². The van der Waals surface area contributed by atoms with Crippen LogP contribution in [0.4, 0.5) is 0 Å². The smallest absolute Gasteiger partial charge is 0.135 e. The Hall–Kier alpha value is -2.10. The Bertz CT molecular complexity index is 789. The maximum atomic E-state index is 10.2. The highest BCUT2D eigenvalue weighted by Gasteiger charge is 2.11. The van der Waals surface area contributed by atoms with Gasteiger partial charge < -0.3 is 14.6 Å². The van der Waals surface area contributed by atoms with E-state index < -0.39 is 6.10 Å². The fourth-order valence-corrected chi connectivity index (χ4v) is 3.38. The van der Waals surface area contributed by atoms with E-state index in [1.165, 1.54) is 25.7 Å². The highest BCUT2D eigenvalue weighted by molar-refractivity contribution is 6.05. The summed E-state index contributed by atoms with van der Waals surface area (Å²) in [5, 5.41) is 14.7. The number of fused-ring (bicyclic) bond motifs is 2. The van der Waals surface area contributed by atoms with Gasteiger partial charge in [0.05, 0.1) is 6.61 Å². The minimum atomic E-state index is -0.627. The molecule has 3 nitrogen and oxygen atoms in total. The van der Waals surface area contributed by atoms with Crippen LogP contribution in [0.1, 0.15) is 39.0 Å². The molecule has 0 heterocycles. The highest BCUT2D eigenvalue weighted by atomic mass is 16.5. The van der Waals surface area contributed by atoms with Gasteiger partial charge in [0.25, 0.3) is 0 Å². The second kappa shape index (κ2) is 10.3. The van der Waals surface area contributed by atoms with Crippen LogP contribution in [0.3, 0.4) is 0 Å². The summed E-state index contributed by atoms with van der Waals surface area (Å²) in [5.41, 5.74) is 0. The Kier molecular flexibility index (Phi) is 7.49. The first-order valence-electron chi connectivity index (χ1n) is 10.1. The molecule has 1 N–H and O–H groups in total. The first-order chi connectivity index (χ1) is 13.3. The van der Waals surface area contributed by atoms with Crippen LogP contribution in [0.2, 0.25) is 0 Å². The number of unbranched alkanes of at least 4 members (excludes halogenated alkanes) is 4. The molecule has 0 aliphatic carbocycles. The molecule has 3 aromatic rings. The van der Waals surface area contributed by atoms with Crippen molar-refractivity contribution in [2.24, 2.45) is 0 Å². The minimum absolute atomic E-state index is 0.230. The maximum Gasteiger partial charge on any atom is 0.135 e. The molecule has 0 aliphatic heterocycles. The third-order valence-corrected chi connectivity index (χ3v) is 4.84. The number of hydrogen-bond acceptors (Lipinski definition) is 3. The van der Waals surface area contributed by atoms with E-state index >= 15 is 0 Å². The van der Waals surface area contributed by atoms with Crippen molar-refractivity contribution in [3.05, 3.63) is 54.6 Å². The number of aliphatic hydroxyl groups is 1. The van der Waals surface area contributed by atoms with Gasteiger partial charge in [-0.3, -0.25) is 0 Å². The standard InChI is InChI=1S/C24H30O3/c1-2-3-4-5-10-15-26-17-21(25)18-27-24-22-13-8-6-11-19(22)16-20-12-7-9-14-23(20)24/h6-9,11-14,16,21,25H,2-5,10,15,17-18H2,1H3. The summed E-state index contributed by atoms with van der Waals surface area (Å²) >= 11 is 0. The van der Waals surface area contributed by atoms with Gasteiger partial charge in [-0.1, -0.05) is 81.1 Å². The van der Waals surface area contributed by atoms with E-state index in [1.54, 1.807) is 0 Å². The van der Waals surface area contributed by atoms with Crippen molar-refractivity contribution < 1.29 is 14.6 Å². The third kappa shape index (κ3) is 5.44. The first kappa shape index (κ1) is 19.7. The topological polar surface area (TPSA) is 38.7 Å². The number of hydrogen-bond donors (Lipinski definition) is 1. The molecule has 0 bridgehead atoms. The van der Waals surface area contributed by atoms with Gasteiger partial charge in [-0.2, -0.15) is 0 Å². The van der Waals surface area contributed by atoms with Crippen LogP contribution in [-0.4, -0.2) is 31.0 Å². The van der Waals surface area contributed by atoms with Crippen molar-refractivity contribution in [1.29, 1.82) is 0 Å². The van der Waals surface area contributed by atoms with Crippen LogP contribution in [0.15, 0.2) is 54.6 Å². The summed E-state index contributed by atoms with van der Waals surface area (Å²) in [6.07, 6.45) is 5.43. The third-order valence-electron chi connectivity index (χ3n) is 4.84. The SMILES string of the molecule is CCCCCCCOCC(O)COc1c2ccccc2cc2ccccc12. The van der Waals surface area contributed by atoms with E-state index in [2.05, 4.69) is 37.3 Å². The Balaban J connectivity index is 1.57. The average molecular weight is 367 g/mol. The summed E-state index contributed by atoms with van der Waals surface area (Å²) in [5.74, 6) is 0.835. The van der Waals surface area contributed by atoms with Crippen molar-refractivity contribution in [1.82, 2.24) is 0 Å². The predicted molar refractivity (Wildman–Crippen MR) is 113 cm³/mol. The first-order valence-corrected chi connectivity index (χ1v) is 10.1. The molecule has 3 aromatic carbocycles. The molecule has 0 spiro atoms. The van der Waals surface area contributed by atoms with Gasteiger partial charge in [0.2, 0.25) is 0 Å². The maximum absolute atomic E-state index is 10.2. The predicted octanol–water partition coefficient (Wildman–Crippen LogP) is 5.72. The summed E-state index contributed by atoms with van der Waals surface area (Å²) in [4.78, 5) is 0. The number of rotatable bonds is 11. The normalized spacial score (nSPS) is 12.5. The van der Waals surface area contributed by atoms with Crippen LogP contribution >= 0.6 is 0 Å². The molecule has 1 unspecified atom stereocenters. The van der Waals surface area contributed by atoms with Crippen LogP contribution in [0.25, 0.3) is 21.5 Å². The summed E-state index contributed by atoms with van der Waals surface area (Å²) in [6, 6.07) is 18.6. The molecule has 1 atom stereocenters. The Morgan fingerprint density at radius 1 is 0.815 bits per heavy atom. The zero-order valence-corrected chi connectivity index (χ0v) is 16.2. The molecule has 27 heavy (non-hydrogen) atoms. The van der Waals surface area contributed by atoms with Gasteiger partial charge in [0.15, 0.2) is 0 Å². The van der Waals surface area contributed by atoms with Crippen molar-refractivity contribution in [2.45, 2.75) is 45.1 Å². The lowest BCUT2D eigenvalue weighted by Crippen LogP contribution is -2.23. The lowest BCUT2D eigenvalue weighted by atomic mass is 10.0. The van der Waals surface area contributed by atoms with Gasteiger partial charge in [-0.15, -0.1) is 0 Å². The summed E-state index contributed by atoms with van der Waals surface area (Å²) in [7, 11) is 0. The lowest BCUT2D eigenvalue weighted by Gasteiger charge is -2.16. The number of aliphatic hydroxyl groups excluding tert-OH is 1. The minimum Gasteiger partial charge on any atom is -0.489 e. The average Bonchev–Trinajstić information content (AvgIpc) is 2.70. The largest absolute Gasteiger partial charge is 0.489 e. The second-order valence-electron chi connectivity index (χ2n) is 7.10. The van der Waals surface area contributed by atoms with Crippen molar-refractivity contribution >= 4 is 21.5 Å². The molecular weight excluding hydrogens is 336 g/mol. The molecule has 0 radical (unpaired) electrons. The molecular formula is C24H30O3. The Labute approximate surface area is 161 Å². The monoisotopic (exact) mass is 366 g/mol. The van der Waals surface area contributed by atoms with E-state index in [0.29, 0.717) is 13.2 Å². The Morgan fingerprint density at radius 3 is 2.11 bits per heavy atom. The molecule has 3 heteroatoms. The fraction of sp³-hybridized carbons (Fsp3) is 0.417. The number of ether oxygens (including phenoxy) is 2. The van der Waals surface area contributed by atoms with Crippen molar-refractivity contribution in [2.75, 3.05) is 19.8 Å². The zero-order chi connectivity index (χ0) is 18.9. The second-order valence-corrected chi connectivity index (χ2v) is 7.10. The van der Waals surface area contributed by atoms with Gasteiger partial charge in [0.1, 0.15) is 18.5 Å². The van der Waals surface area contributed by atoms with Gasteiger partial charge in [0, 0.05) is 17.4 Å². The van der Waals surface area contributed by atoms with Gasteiger partial charge in [-0.25, -0.2) is 0 Å². The van der Waals surface area contributed by atoms with Crippen molar-refractivity contribution in [3.8, 4) is 5.75 Å². The fourth-order valence-electron chi connectivity index (χ4n) is 3.38. The van der Waals surface area contributed by atoms with Gasteiger partial charge in [-0.05, 0) is 23.3 Å². The summed E-state index contributed by atoms with van der Waals surface area (Å²) in [6.45, 7) is 3.47. The molecule has 0 aromatic heterocycles. The molecule has 0 saturated heterocycles. The summed E-state index contributed by atoms with van der Waals surface area (Å²) < 4.78 is 11.7. The van der Waals surface area contributed by atoms with E-state index in [4.69, 9.17) is 9.47 Å². The van der Waals surface area contributed by atoms with E-state index in [-0.39, 0.29) is 6.61 Å². The van der Waals surface area contributed by atoms with Gasteiger partial charge >= 0.3 is 0 Å². The molecule has 0 amide bonds. The quantitative estimate of drug-likeness (QED) is 0.348. The highest BCUT2D eigenvalue weighted by Crippen LogP contribution is 2.34. The zero-order valence-electron chi connectivity index (χ0n) is 16.2. The van der Waals surface area contributed by atoms with Crippen LogP contribution in [-0.2, 0) is 4.74 Å². The van der Waals surface area contributed by atoms with E-state index in [9.17, 15) is 5.11 Å². The van der Waals surface area contributed by atoms with E-state index in [1.807, 2.05) is 24.3 Å². The molecule has 0 saturated carbocycles. The van der Waals surface area contributed by atoms with E-state index in [0.717, 1.165) is 33.7 Å². The Morgan fingerprint density at radius 2 is 1.44 bits per heavy atom. The molecule has 0 aliphatic rings. The van der Waals surface area contributed by atoms with Crippen LogP contribution in [0.5, 0.6) is 5.75 Å².